The number of ether oxygens (including phenoxy) is 1. The fourth-order valence-electron chi connectivity index (χ4n) is 1.78. The molecule has 0 atom stereocenters. The molecule has 2 aromatic rings. The lowest BCUT2D eigenvalue weighted by Crippen LogP contribution is -2.34. The smallest absolute Gasteiger partial charge is 0.255 e. The first-order chi connectivity index (χ1) is 10.5. The minimum absolute atomic E-state index is 0.112. The monoisotopic (exact) mass is 340 g/mol. The van der Waals surface area contributed by atoms with Gasteiger partial charge in [-0.15, -0.1) is 11.3 Å². The molecule has 2 rings (SSSR count). The van der Waals surface area contributed by atoms with Crippen molar-refractivity contribution in [3.63, 3.8) is 0 Å². The Labute approximate surface area is 133 Å². The number of thiophene rings is 1. The lowest BCUT2D eigenvalue weighted by atomic mass is 10.2. The predicted octanol–water partition coefficient (Wildman–Crippen LogP) is 1.46. The molecule has 6 nitrogen and oxygen atoms in total. The highest BCUT2D eigenvalue weighted by molar-refractivity contribution is 7.91. The van der Waals surface area contributed by atoms with Crippen molar-refractivity contribution in [3.8, 4) is 5.75 Å². The van der Waals surface area contributed by atoms with Crippen LogP contribution in [0.2, 0.25) is 0 Å². The van der Waals surface area contributed by atoms with Gasteiger partial charge in [0.2, 0.25) is 10.0 Å². The molecule has 1 amide bonds. The summed E-state index contributed by atoms with van der Waals surface area (Å²) in [5.74, 6) is 0.159. The number of benzene rings is 1. The molecule has 0 aliphatic carbocycles. The van der Waals surface area contributed by atoms with Crippen LogP contribution in [0.4, 0.5) is 0 Å². The van der Waals surface area contributed by atoms with E-state index < -0.39 is 10.0 Å². The van der Waals surface area contributed by atoms with Crippen LogP contribution < -0.4 is 14.8 Å². The van der Waals surface area contributed by atoms with Gasteiger partial charge >= 0.3 is 0 Å². The Morgan fingerprint density at radius 1 is 1.18 bits per heavy atom. The molecule has 0 spiro atoms. The first-order valence-electron chi connectivity index (χ1n) is 6.49. The van der Waals surface area contributed by atoms with Gasteiger partial charge in [0, 0.05) is 13.1 Å². The van der Waals surface area contributed by atoms with Crippen LogP contribution in [0.5, 0.6) is 5.75 Å². The predicted molar refractivity (Wildman–Crippen MR) is 84.8 cm³/mol. The Morgan fingerprint density at radius 2 is 1.95 bits per heavy atom. The average molecular weight is 340 g/mol. The molecule has 0 aliphatic rings. The van der Waals surface area contributed by atoms with Crippen LogP contribution in [0, 0.1) is 0 Å². The maximum Gasteiger partial charge on any atom is 0.255 e. The first-order valence-corrected chi connectivity index (χ1v) is 8.85. The van der Waals surface area contributed by atoms with Crippen molar-refractivity contribution in [3.05, 3.63) is 47.3 Å². The van der Waals surface area contributed by atoms with E-state index in [1.54, 1.807) is 35.7 Å². The number of sulfonamides is 1. The van der Waals surface area contributed by atoms with E-state index in [0.29, 0.717) is 11.3 Å². The molecule has 0 saturated carbocycles. The minimum Gasteiger partial charge on any atom is -0.496 e. The molecule has 8 heteroatoms. The number of hydrogen-bond acceptors (Lipinski definition) is 5. The number of para-hydroxylation sites is 1. The Balaban J connectivity index is 1.85. The van der Waals surface area contributed by atoms with Gasteiger partial charge in [0.1, 0.15) is 9.96 Å². The molecule has 0 fully saturated rings. The van der Waals surface area contributed by atoms with E-state index in [1.807, 2.05) is 0 Å². The van der Waals surface area contributed by atoms with Gasteiger partial charge in [-0.25, -0.2) is 13.1 Å². The number of carbonyl (C=O) groups excluding carboxylic acids is 1. The summed E-state index contributed by atoms with van der Waals surface area (Å²) in [7, 11) is -2.01. The quantitative estimate of drug-likeness (QED) is 0.748. The van der Waals surface area contributed by atoms with Gasteiger partial charge in [-0.3, -0.25) is 4.79 Å². The SMILES string of the molecule is COc1ccccc1C(=O)NCCNS(=O)(=O)c1cccs1. The van der Waals surface area contributed by atoms with Gasteiger partial charge in [-0.05, 0) is 23.6 Å². The molecule has 1 aromatic carbocycles. The summed E-state index contributed by atoms with van der Waals surface area (Å²) < 4.78 is 31.5. The summed E-state index contributed by atoms with van der Waals surface area (Å²) in [5.41, 5.74) is 0.408. The van der Waals surface area contributed by atoms with Crippen molar-refractivity contribution in [1.82, 2.24) is 10.0 Å². The fraction of sp³-hybridized carbons (Fsp3) is 0.214. The largest absolute Gasteiger partial charge is 0.496 e. The molecule has 0 aliphatic heterocycles. The van der Waals surface area contributed by atoms with Gasteiger partial charge in [0.05, 0.1) is 12.7 Å². The molecule has 1 heterocycles. The van der Waals surface area contributed by atoms with E-state index in [-0.39, 0.29) is 23.2 Å². The van der Waals surface area contributed by atoms with Gasteiger partial charge in [-0.1, -0.05) is 18.2 Å². The summed E-state index contributed by atoms with van der Waals surface area (Å²) in [6.07, 6.45) is 0. The van der Waals surface area contributed by atoms with Crippen LogP contribution in [0.1, 0.15) is 10.4 Å². The topological polar surface area (TPSA) is 84.5 Å². The molecule has 118 valence electrons. The molecule has 0 unspecified atom stereocenters. The summed E-state index contributed by atoms with van der Waals surface area (Å²) in [5, 5.41) is 4.34. The molecule has 0 saturated heterocycles. The maximum absolute atomic E-state index is 12.0. The van der Waals surface area contributed by atoms with Crippen molar-refractivity contribution in [2.75, 3.05) is 20.2 Å². The number of rotatable bonds is 7. The number of nitrogens with one attached hydrogen (secondary N) is 2. The Kier molecular flexibility index (Phi) is 5.53. The molecule has 0 bridgehead atoms. The lowest BCUT2D eigenvalue weighted by Gasteiger charge is -2.09. The van der Waals surface area contributed by atoms with Gasteiger partial charge in [0.15, 0.2) is 0 Å². The third kappa shape index (κ3) is 4.06. The number of carbonyl (C=O) groups is 1. The van der Waals surface area contributed by atoms with Gasteiger partial charge < -0.3 is 10.1 Å². The van der Waals surface area contributed by atoms with E-state index >= 15 is 0 Å². The van der Waals surface area contributed by atoms with Crippen LogP contribution in [0.25, 0.3) is 0 Å². The Morgan fingerprint density at radius 3 is 2.64 bits per heavy atom. The Hall–Kier alpha value is -1.90. The molecule has 1 aromatic heterocycles. The van der Waals surface area contributed by atoms with Crippen molar-refractivity contribution < 1.29 is 17.9 Å². The molecular weight excluding hydrogens is 324 g/mol. The van der Waals surface area contributed by atoms with E-state index in [0.717, 1.165) is 11.3 Å². The molecule has 0 radical (unpaired) electrons. The maximum atomic E-state index is 12.0. The average Bonchev–Trinajstić information content (AvgIpc) is 3.06. The summed E-state index contributed by atoms with van der Waals surface area (Å²) in [6, 6.07) is 10.0. The van der Waals surface area contributed by atoms with Crippen LogP contribution in [-0.4, -0.2) is 34.5 Å². The van der Waals surface area contributed by atoms with Crippen molar-refractivity contribution in [2.45, 2.75) is 4.21 Å². The highest BCUT2D eigenvalue weighted by Crippen LogP contribution is 2.17. The number of methoxy groups -OCH3 is 1. The van der Waals surface area contributed by atoms with Crippen LogP contribution >= 0.6 is 11.3 Å². The summed E-state index contributed by atoms with van der Waals surface area (Å²) in [6.45, 7) is 0.294. The van der Waals surface area contributed by atoms with Crippen LogP contribution in [0.15, 0.2) is 46.0 Å². The zero-order valence-corrected chi connectivity index (χ0v) is 13.5. The summed E-state index contributed by atoms with van der Waals surface area (Å²) >= 11 is 1.14. The number of hydrogen-bond donors (Lipinski definition) is 2. The third-order valence-electron chi connectivity index (χ3n) is 2.81. The highest BCUT2D eigenvalue weighted by atomic mass is 32.2. The standard InChI is InChI=1S/C14H16N2O4S2/c1-20-12-6-3-2-5-11(12)14(17)15-8-9-16-22(18,19)13-7-4-10-21-13/h2-7,10,16H,8-9H2,1H3,(H,15,17). The van der Waals surface area contributed by atoms with E-state index in [9.17, 15) is 13.2 Å². The van der Waals surface area contributed by atoms with Crippen LogP contribution in [0.3, 0.4) is 0 Å². The van der Waals surface area contributed by atoms with E-state index in [1.165, 1.54) is 13.2 Å². The molecule has 22 heavy (non-hydrogen) atoms. The zero-order chi connectivity index (χ0) is 16.0. The van der Waals surface area contributed by atoms with Crippen molar-refractivity contribution >= 4 is 27.3 Å². The summed E-state index contributed by atoms with van der Waals surface area (Å²) in [4.78, 5) is 12.0. The van der Waals surface area contributed by atoms with E-state index in [4.69, 9.17) is 4.74 Å². The lowest BCUT2D eigenvalue weighted by molar-refractivity contribution is 0.0951. The van der Waals surface area contributed by atoms with Crippen molar-refractivity contribution in [2.24, 2.45) is 0 Å². The fourth-order valence-corrected chi connectivity index (χ4v) is 3.85. The molecule has 2 N–H and O–H groups in total. The van der Waals surface area contributed by atoms with Crippen LogP contribution in [-0.2, 0) is 10.0 Å². The normalized spacial score (nSPS) is 11.1. The zero-order valence-electron chi connectivity index (χ0n) is 11.9. The molecular formula is C14H16N2O4S2. The first kappa shape index (κ1) is 16.5. The van der Waals surface area contributed by atoms with Gasteiger partial charge in [0.25, 0.3) is 5.91 Å². The second kappa shape index (κ2) is 7.39. The Bertz CT molecular complexity index is 727. The van der Waals surface area contributed by atoms with Gasteiger partial charge in [-0.2, -0.15) is 0 Å². The second-order valence-electron chi connectivity index (χ2n) is 4.29. The minimum atomic E-state index is -3.50. The highest BCUT2D eigenvalue weighted by Gasteiger charge is 2.15. The third-order valence-corrected chi connectivity index (χ3v) is 5.67. The van der Waals surface area contributed by atoms with E-state index in [2.05, 4.69) is 10.0 Å². The number of amides is 1. The second-order valence-corrected chi connectivity index (χ2v) is 7.23. The van der Waals surface area contributed by atoms with Crippen molar-refractivity contribution in [1.29, 1.82) is 0 Å².